The van der Waals surface area contributed by atoms with Crippen LogP contribution in [-0.2, 0) is 0 Å². The minimum Gasteiger partial charge on any atom is -0.478 e. The van der Waals surface area contributed by atoms with Crippen LogP contribution in [-0.4, -0.2) is 45.3 Å². The fourth-order valence-electron chi connectivity index (χ4n) is 2.57. The SMILES string of the molecule is Cc1nc(N(CCO)C2CCCC2)ncc1C(=O)O. The monoisotopic (exact) mass is 265 g/mol. The predicted molar refractivity (Wildman–Crippen MR) is 70.4 cm³/mol. The molecule has 1 aromatic heterocycles. The molecule has 0 bridgehead atoms. The number of rotatable bonds is 5. The van der Waals surface area contributed by atoms with Crippen LogP contribution in [0, 0.1) is 6.92 Å². The quantitative estimate of drug-likeness (QED) is 0.832. The Hall–Kier alpha value is -1.69. The van der Waals surface area contributed by atoms with Gasteiger partial charge in [0.25, 0.3) is 0 Å². The van der Waals surface area contributed by atoms with Crippen LogP contribution in [0.1, 0.15) is 41.7 Å². The third-order valence-electron chi connectivity index (χ3n) is 3.56. The Balaban J connectivity index is 2.26. The molecular weight excluding hydrogens is 246 g/mol. The normalized spacial score (nSPS) is 15.7. The highest BCUT2D eigenvalue weighted by Crippen LogP contribution is 2.26. The zero-order valence-electron chi connectivity index (χ0n) is 11.0. The molecule has 0 aromatic carbocycles. The first kappa shape index (κ1) is 13.7. The molecule has 0 aliphatic heterocycles. The summed E-state index contributed by atoms with van der Waals surface area (Å²) in [5.41, 5.74) is 0.581. The maximum Gasteiger partial charge on any atom is 0.339 e. The van der Waals surface area contributed by atoms with E-state index in [1.807, 2.05) is 4.90 Å². The Bertz CT molecular complexity index is 458. The van der Waals surface area contributed by atoms with Gasteiger partial charge in [-0.2, -0.15) is 0 Å². The van der Waals surface area contributed by atoms with Gasteiger partial charge in [-0.15, -0.1) is 0 Å². The number of aryl methyl sites for hydroxylation is 1. The van der Waals surface area contributed by atoms with Gasteiger partial charge in [0.1, 0.15) is 0 Å². The van der Waals surface area contributed by atoms with Crippen molar-refractivity contribution < 1.29 is 15.0 Å². The van der Waals surface area contributed by atoms with Gasteiger partial charge in [0.05, 0.1) is 17.9 Å². The second-order valence-corrected chi connectivity index (χ2v) is 4.83. The first-order valence-corrected chi connectivity index (χ1v) is 6.58. The zero-order chi connectivity index (χ0) is 13.8. The number of carboxylic acids is 1. The lowest BCUT2D eigenvalue weighted by molar-refractivity contribution is 0.0695. The summed E-state index contributed by atoms with van der Waals surface area (Å²) in [6, 6.07) is 0.349. The molecule has 0 unspecified atom stereocenters. The molecule has 0 saturated heterocycles. The summed E-state index contributed by atoms with van der Waals surface area (Å²) in [5.74, 6) is -0.498. The lowest BCUT2D eigenvalue weighted by Crippen LogP contribution is -2.37. The van der Waals surface area contributed by atoms with Gasteiger partial charge >= 0.3 is 5.97 Å². The zero-order valence-corrected chi connectivity index (χ0v) is 11.0. The van der Waals surface area contributed by atoms with Crippen LogP contribution in [0.25, 0.3) is 0 Å². The molecule has 19 heavy (non-hydrogen) atoms. The Morgan fingerprint density at radius 3 is 2.68 bits per heavy atom. The van der Waals surface area contributed by atoms with Crippen LogP contribution in [0.5, 0.6) is 0 Å². The van der Waals surface area contributed by atoms with Gasteiger partial charge in [-0.3, -0.25) is 0 Å². The summed E-state index contributed by atoms with van der Waals surface area (Å²) in [7, 11) is 0. The van der Waals surface area contributed by atoms with Crippen LogP contribution in [0.15, 0.2) is 6.20 Å². The van der Waals surface area contributed by atoms with Crippen LogP contribution >= 0.6 is 0 Å². The van der Waals surface area contributed by atoms with E-state index in [1.54, 1.807) is 6.92 Å². The number of anilines is 1. The first-order valence-electron chi connectivity index (χ1n) is 6.58. The molecule has 2 rings (SSSR count). The van der Waals surface area contributed by atoms with Gasteiger partial charge in [-0.25, -0.2) is 14.8 Å². The number of carboxylic acid groups (broad SMARTS) is 1. The molecule has 0 spiro atoms. The van der Waals surface area contributed by atoms with Gasteiger partial charge in [-0.1, -0.05) is 12.8 Å². The number of aromatic carboxylic acids is 1. The minimum atomic E-state index is -1.02. The van der Waals surface area contributed by atoms with Crippen molar-refractivity contribution in [2.75, 3.05) is 18.1 Å². The maximum absolute atomic E-state index is 11.0. The molecular formula is C13H19N3O3. The molecule has 1 saturated carbocycles. The number of hydrogen-bond donors (Lipinski definition) is 2. The fraction of sp³-hybridized carbons (Fsp3) is 0.615. The van der Waals surface area contributed by atoms with Crippen LogP contribution < -0.4 is 4.90 Å². The summed E-state index contributed by atoms with van der Waals surface area (Å²) < 4.78 is 0. The van der Waals surface area contributed by atoms with Gasteiger partial charge in [0, 0.05) is 18.8 Å². The Morgan fingerprint density at radius 2 is 2.16 bits per heavy atom. The average Bonchev–Trinajstić information content (AvgIpc) is 2.89. The van der Waals surface area contributed by atoms with Crippen molar-refractivity contribution in [3.8, 4) is 0 Å². The van der Waals surface area contributed by atoms with Gasteiger partial charge in [0.15, 0.2) is 0 Å². The predicted octanol–water partition coefficient (Wildman–Crippen LogP) is 1.22. The van der Waals surface area contributed by atoms with Crippen molar-refractivity contribution in [1.29, 1.82) is 0 Å². The lowest BCUT2D eigenvalue weighted by Gasteiger charge is -2.28. The third kappa shape index (κ3) is 3.01. The van der Waals surface area contributed by atoms with Crippen molar-refractivity contribution >= 4 is 11.9 Å². The van der Waals surface area contributed by atoms with Gasteiger partial charge in [0.2, 0.25) is 5.95 Å². The summed E-state index contributed by atoms with van der Waals surface area (Å²) in [6.45, 7) is 2.19. The van der Waals surface area contributed by atoms with Crippen LogP contribution in [0.3, 0.4) is 0 Å². The third-order valence-corrected chi connectivity index (χ3v) is 3.56. The summed E-state index contributed by atoms with van der Waals surface area (Å²) in [6.07, 6.45) is 5.85. The van der Waals surface area contributed by atoms with Gasteiger partial charge < -0.3 is 15.1 Å². The van der Waals surface area contributed by atoms with Crippen molar-refractivity contribution in [1.82, 2.24) is 9.97 Å². The van der Waals surface area contributed by atoms with Crippen molar-refractivity contribution in [3.63, 3.8) is 0 Å². The number of aliphatic hydroxyl groups is 1. The molecule has 1 heterocycles. The van der Waals surface area contributed by atoms with E-state index in [-0.39, 0.29) is 12.2 Å². The number of aromatic nitrogens is 2. The molecule has 1 aliphatic carbocycles. The van der Waals surface area contributed by atoms with E-state index < -0.39 is 5.97 Å². The highest BCUT2D eigenvalue weighted by atomic mass is 16.4. The summed E-state index contributed by atoms with van der Waals surface area (Å²) >= 11 is 0. The largest absolute Gasteiger partial charge is 0.478 e. The standard InChI is InChI=1S/C13H19N3O3/c1-9-11(12(18)19)8-14-13(15-9)16(6-7-17)10-4-2-3-5-10/h8,10,17H,2-7H2,1H3,(H,18,19). The number of aliphatic hydroxyl groups excluding tert-OH is 1. The number of nitrogens with zero attached hydrogens (tertiary/aromatic N) is 3. The second-order valence-electron chi connectivity index (χ2n) is 4.83. The van der Waals surface area contributed by atoms with E-state index in [1.165, 1.54) is 19.0 Å². The van der Waals surface area contributed by atoms with Crippen LogP contribution in [0.4, 0.5) is 5.95 Å². The highest BCUT2D eigenvalue weighted by Gasteiger charge is 2.25. The molecule has 0 amide bonds. The van der Waals surface area contributed by atoms with E-state index in [0.29, 0.717) is 24.2 Å². The average molecular weight is 265 g/mol. The first-order chi connectivity index (χ1) is 9.13. The lowest BCUT2D eigenvalue weighted by atomic mass is 10.2. The van der Waals surface area contributed by atoms with Crippen molar-refractivity contribution in [3.05, 3.63) is 17.5 Å². The smallest absolute Gasteiger partial charge is 0.339 e. The van der Waals surface area contributed by atoms with E-state index in [2.05, 4.69) is 9.97 Å². The van der Waals surface area contributed by atoms with E-state index in [9.17, 15) is 9.90 Å². The highest BCUT2D eigenvalue weighted by molar-refractivity contribution is 5.88. The van der Waals surface area contributed by atoms with Crippen LogP contribution in [0.2, 0.25) is 0 Å². The molecule has 104 valence electrons. The fourth-order valence-corrected chi connectivity index (χ4v) is 2.57. The molecule has 2 N–H and O–H groups in total. The molecule has 1 aromatic rings. The number of hydrogen-bond acceptors (Lipinski definition) is 5. The molecule has 6 nitrogen and oxygen atoms in total. The number of carbonyl (C=O) groups is 1. The molecule has 6 heteroatoms. The summed E-state index contributed by atoms with van der Waals surface area (Å²) in [5, 5.41) is 18.2. The molecule has 1 aliphatic rings. The Morgan fingerprint density at radius 1 is 1.47 bits per heavy atom. The van der Waals surface area contributed by atoms with Gasteiger partial charge in [-0.05, 0) is 19.8 Å². The summed E-state index contributed by atoms with van der Waals surface area (Å²) in [4.78, 5) is 21.4. The van der Waals surface area contributed by atoms with E-state index in [4.69, 9.17) is 5.11 Å². The minimum absolute atomic E-state index is 0.0413. The van der Waals surface area contributed by atoms with Crippen molar-refractivity contribution in [2.24, 2.45) is 0 Å². The Kier molecular flexibility index (Phi) is 4.31. The van der Waals surface area contributed by atoms with Crippen molar-refractivity contribution in [2.45, 2.75) is 38.6 Å². The van der Waals surface area contributed by atoms with E-state index >= 15 is 0 Å². The van der Waals surface area contributed by atoms with E-state index in [0.717, 1.165) is 12.8 Å². The molecule has 0 radical (unpaired) electrons. The second kappa shape index (κ2) is 5.97. The molecule has 0 atom stereocenters. The topological polar surface area (TPSA) is 86.5 Å². The Labute approximate surface area is 112 Å². The maximum atomic E-state index is 11.0. The molecule has 1 fully saturated rings.